The van der Waals surface area contributed by atoms with Gasteiger partial charge in [-0.15, -0.1) is 0 Å². The highest BCUT2D eigenvalue weighted by atomic mass is 16.1. The first-order valence-electron chi connectivity index (χ1n) is 6.64. The van der Waals surface area contributed by atoms with E-state index in [9.17, 15) is 4.79 Å². The number of fused-ring (bicyclic) bond motifs is 1. The second-order valence-electron chi connectivity index (χ2n) is 5.29. The first kappa shape index (κ1) is 13.7. The Labute approximate surface area is 113 Å². The quantitative estimate of drug-likeness (QED) is 0.785. The van der Waals surface area contributed by atoms with Gasteiger partial charge in [0.15, 0.2) is 0 Å². The Balaban J connectivity index is 2.32. The number of nitrogens with two attached hydrogens (primary N) is 1. The topological polar surface area (TPSA) is 84.1 Å². The molecule has 2 rings (SSSR count). The molecule has 0 fully saturated rings. The van der Waals surface area contributed by atoms with Crippen LogP contribution in [0.15, 0.2) is 6.33 Å². The summed E-state index contributed by atoms with van der Waals surface area (Å²) in [6.45, 7) is 6.86. The van der Waals surface area contributed by atoms with Crippen molar-refractivity contribution in [3.05, 3.63) is 17.6 Å². The van der Waals surface area contributed by atoms with Crippen LogP contribution in [0.4, 0.5) is 5.82 Å². The van der Waals surface area contributed by atoms with Crippen molar-refractivity contribution in [3.63, 3.8) is 0 Å². The van der Waals surface area contributed by atoms with Gasteiger partial charge >= 0.3 is 0 Å². The summed E-state index contributed by atoms with van der Waals surface area (Å²) in [5, 5.41) is 3.32. The zero-order valence-electron chi connectivity index (χ0n) is 11.5. The minimum absolute atomic E-state index is 0.196. The van der Waals surface area contributed by atoms with Crippen LogP contribution >= 0.6 is 0 Å². The molecule has 0 aromatic carbocycles. The summed E-state index contributed by atoms with van der Waals surface area (Å²) in [4.78, 5) is 21.9. The number of nitrogens with zero attached hydrogens (tertiary/aromatic N) is 3. The lowest BCUT2D eigenvalue weighted by Crippen LogP contribution is -2.38. The third-order valence-electron chi connectivity index (χ3n) is 3.08. The molecule has 104 valence electrons. The van der Waals surface area contributed by atoms with Crippen LogP contribution in [0.1, 0.15) is 25.1 Å². The number of aromatic nitrogens is 2. The van der Waals surface area contributed by atoms with Gasteiger partial charge in [-0.05, 0) is 5.92 Å². The summed E-state index contributed by atoms with van der Waals surface area (Å²) < 4.78 is 0. The number of carbonyl (C=O) groups is 1. The van der Waals surface area contributed by atoms with Crippen LogP contribution in [0.25, 0.3) is 0 Å². The molecule has 19 heavy (non-hydrogen) atoms. The molecule has 0 atom stereocenters. The molecular weight excluding hydrogens is 242 g/mol. The third-order valence-corrected chi connectivity index (χ3v) is 3.08. The number of rotatable bonds is 5. The van der Waals surface area contributed by atoms with Gasteiger partial charge in [0.05, 0.1) is 12.2 Å². The van der Waals surface area contributed by atoms with E-state index in [0.29, 0.717) is 5.92 Å². The largest absolute Gasteiger partial charge is 0.368 e. The predicted octanol–water partition coefficient (Wildman–Crippen LogP) is 0.0700. The average Bonchev–Trinajstić information content (AvgIpc) is 2.36. The Morgan fingerprint density at radius 1 is 1.53 bits per heavy atom. The van der Waals surface area contributed by atoms with E-state index in [1.165, 1.54) is 0 Å². The minimum atomic E-state index is -0.336. The molecular formula is C13H21N5O. The van der Waals surface area contributed by atoms with Crippen molar-refractivity contribution >= 4 is 11.7 Å². The summed E-state index contributed by atoms with van der Waals surface area (Å²) in [7, 11) is 0. The number of hydrogen-bond donors (Lipinski definition) is 2. The monoisotopic (exact) mass is 263 g/mol. The van der Waals surface area contributed by atoms with Crippen molar-refractivity contribution in [3.8, 4) is 0 Å². The second kappa shape index (κ2) is 5.97. The van der Waals surface area contributed by atoms with Gasteiger partial charge in [-0.3, -0.25) is 4.79 Å². The van der Waals surface area contributed by atoms with Gasteiger partial charge in [0.25, 0.3) is 0 Å². The summed E-state index contributed by atoms with van der Waals surface area (Å²) >= 11 is 0. The maximum absolute atomic E-state index is 11.3. The predicted molar refractivity (Wildman–Crippen MR) is 73.7 cm³/mol. The van der Waals surface area contributed by atoms with E-state index < -0.39 is 0 Å². The fraction of sp³-hybridized carbons (Fsp3) is 0.615. The summed E-state index contributed by atoms with van der Waals surface area (Å²) in [5.74, 6) is 0.933. The highest BCUT2D eigenvalue weighted by molar-refractivity contribution is 5.79. The van der Waals surface area contributed by atoms with Gasteiger partial charge in [0.1, 0.15) is 12.1 Å². The number of primary amides is 1. The Morgan fingerprint density at radius 3 is 3.00 bits per heavy atom. The molecule has 1 aliphatic heterocycles. The van der Waals surface area contributed by atoms with Crippen LogP contribution in [0.2, 0.25) is 0 Å². The average molecular weight is 263 g/mol. The molecule has 6 nitrogen and oxygen atoms in total. The van der Waals surface area contributed by atoms with Crippen LogP contribution < -0.4 is 16.0 Å². The lowest BCUT2D eigenvalue weighted by Gasteiger charge is -2.28. The van der Waals surface area contributed by atoms with Crippen LogP contribution in [-0.2, 0) is 17.8 Å². The van der Waals surface area contributed by atoms with E-state index in [1.807, 2.05) is 4.90 Å². The van der Waals surface area contributed by atoms with E-state index in [2.05, 4.69) is 29.1 Å². The maximum Gasteiger partial charge on any atom is 0.236 e. The molecule has 1 aliphatic rings. The van der Waals surface area contributed by atoms with Crippen LogP contribution in [0.5, 0.6) is 0 Å². The first-order valence-corrected chi connectivity index (χ1v) is 6.64. The number of amides is 1. The van der Waals surface area contributed by atoms with Crippen molar-refractivity contribution < 1.29 is 4.79 Å². The molecule has 0 radical (unpaired) electrons. The Bertz CT molecular complexity index is 460. The van der Waals surface area contributed by atoms with Crippen molar-refractivity contribution in [1.82, 2.24) is 15.3 Å². The Hall–Kier alpha value is -1.69. The second-order valence-corrected chi connectivity index (χ2v) is 5.29. The molecule has 0 unspecified atom stereocenters. The van der Waals surface area contributed by atoms with Crippen molar-refractivity contribution in [2.75, 3.05) is 24.5 Å². The molecule has 0 aliphatic carbocycles. The smallest absolute Gasteiger partial charge is 0.236 e. The van der Waals surface area contributed by atoms with E-state index >= 15 is 0 Å². The SMILES string of the molecule is CC(C)CN(CC(N)=O)c1ncnc2c1CNCC2. The van der Waals surface area contributed by atoms with Crippen molar-refractivity contribution in [2.45, 2.75) is 26.8 Å². The third kappa shape index (κ3) is 3.41. The van der Waals surface area contributed by atoms with Crippen LogP contribution in [0, 0.1) is 5.92 Å². The molecule has 3 N–H and O–H groups in total. The molecule has 6 heteroatoms. The highest BCUT2D eigenvalue weighted by Crippen LogP contribution is 2.22. The Morgan fingerprint density at radius 2 is 2.32 bits per heavy atom. The van der Waals surface area contributed by atoms with Gasteiger partial charge in [-0.2, -0.15) is 0 Å². The zero-order chi connectivity index (χ0) is 13.8. The van der Waals surface area contributed by atoms with Crippen LogP contribution in [0.3, 0.4) is 0 Å². The molecule has 0 spiro atoms. The normalized spacial score (nSPS) is 14.3. The standard InChI is InChI=1S/C13H21N5O/c1-9(2)6-18(7-12(14)19)13-10-5-15-4-3-11(10)16-8-17-13/h8-9,15H,3-7H2,1-2H3,(H2,14,19). The number of hydrogen-bond acceptors (Lipinski definition) is 5. The number of carbonyl (C=O) groups excluding carboxylic acids is 1. The van der Waals surface area contributed by atoms with Gasteiger partial charge in [-0.1, -0.05) is 13.8 Å². The molecule has 0 saturated heterocycles. The number of nitrogens with one attached hydrogen (secondary N) is 1. The maximum atomic E-state index is 11.3. The van der Waals surface area contributed by atoms with E-state index in [-0.39, 0.29) is 12.5 Å². The zero-order valence-corrected chi connectivity index (χ0v) is 11.5. The van der Waals surface area contributed by atoms with Crippen LogP contribution in [-0.4, -0.2) is 35.5 Å². The molecule has 0 saturated carbocycles. The summed E-state index contributed by atoms with van der Waals surface area (Å²) in [6.07, 6.45) is 2.48. The van der Waals surface area contributed by atoms with Gasteiger partial charge < -0.3 is 16.0 Å². The Kier molecular flexibility index (Phi) is 4.31. The van der Waals surface area contributed by atoms with E-state index in [4.69, 9.17) is 5.73 Å². The highest BCUT2D eigenvalue weighted by Gasteiger charge is 2.21. The summed E-state index contributed by atoms with van der Waals surface area (Å²) in [6, 6.07) is 0. The lowest BCUT2D eigenvalue weighted by atomic mass is 10.1. The van der Waals surface area contributed by atoms with E-state index in [0.717, 1.165) is 43.1 Å². The number of anilines is 1. The molecule has 1 aromatic rings. The van der Waals surface area contributed by atoms with Crippen molar-refractivity contribution in [2.24, 2.45) is 11.7 Å². The lowest BCUT2D eigenvalue weighted by molar-refractivity contribution is -0.116. The molecule has 1 amide bonds. The van der Waals surface area contributed by atoms with Crippen molar-refractivity contribution in [1.29, 1.82) is 0 Å². The van der Waals surface area contributed by atoms with Gasteiger partial charge in [0, 0.05) is 31.6 Å². The van der Waals surface area contributed by atoms with Gasteiger partial charge in [0.2, 0.25) is 5.91 Å². The fourth-order valence-electron chi connectivity index (χ4n) is 2.38. The minimum Gasteiger partial charge on any atom is -0.368 e. The molecule has 2 heterocycles. The first-order chi connectivity index (χ1) is 9.08. The fourth-order valence-corrected chi connectivity index (χ4v) is 2.38. The summed E-state index contributed by atoms with van der Waals surface area (Å²) in [5.41, 5.74) is 7.51. The molecule has 0 bridgehead atoms. The molecule has 1 aromatic heterocycles. The van der Waals surface area contributed by atoms with E-state index in [1.54, 1.807) is 6.33 Å². The van der Waals surface area contributed by atoms with Gasteiger partial charge in [-0.25, -0.2) is 9.97 Å².